The fourth-order valence-electron chi connectivity index (χ4n) is 0.807. The molecule has 1 aromatic rings. The second-order valence-electron chi connectivity index (χ2n) is 2.40. The lowest BCUT2D eigenvalue weighted by atomic mass is 10.2. The van der Waals surface area contributed by atoms with Crippen molar-refractivity contribution in [3.8, 4) is 11.8 Å². The van der Waals surface area contributed by atoms with Crippen molar-refractivity contribution in [2.75, 3.05) is 5.75 Å². The number of rotatable bonds is 1. The fourth-order valence-corrected chi connectivity index (χ4v) is 0.919. The van der Waals surface area contributed by atoms with Gasteiger partial charge in [-0.15, -0.1) is 0 Å². The highest BCUT2D eigenvalue weighted by Crippen LogP contribution is 2.07. The van der Waals surface area contributed by atoms with Crippen LogP contribution >= 0.6 is 12.6 Å². The van der Waals surface area contributed by atoms with E-state index in [9.17, 15) is 8.78 Å². The molecule has 0 amide bonds. The molecule has 3 heteroatoms. The van der Waals surface area contributed by atoms with Crippen LogP contribution in [0.4, 0.5) is 8.78 Å². The van der Waals surface area contributed by atoms with Crippen LogP contribution in [0.25, 0.3) is 0 Å². The Balaban J connectivity index is 2.89. The third-order valence-electron chi connectivity index (χ3n) is 1.39. The molecular weight excluding hydrogens is 190 g/mol. The average molecular weight is 198 g/mol. The van der Waals surface area contributed by atoms with Crippen LogP contribution in [0.2, 0.25) is 0 Å². The highest BCUT2D eigenvalue weighted by Gasteiger charge is 1.99. The van der Waals surface area contributed by atoms with Crippen LogP contribution in [0.15, 0.2) is 18.2 Å². The molecule has 0 unspecified atom stereocenters. The van der Waals surface area contributed by atoms with E-state index < -0.39 is 11.6 Å². The minimum atomic E-state index is -0.493. The Bertz CT molecular complexity index is 350. The van der Waals surface area contributed by atoms with Gasteiger partial charge in [0.05, 0.1) is 5.56 Å². The molecule has 0 spiro atoms. The van der Waals surface area contributed by atoms with Gasteiger partial charge in [-0.3, -0.25) is 0 Å². The van der Waals surface area contributed by atoms with Crippen LogP contribution in [0.1, 0.15) is 12.0 Å². The van der Waals surface area contributed by atoms with Crippen LogP contribution in [0.3, 0.4) is 0 Å². The van der Waals surface area contributed by atoms with Gasteiger partial charge in [-0.2, -0.15) is 12.6 Å². The summed E-state index contributed by atoms with van der Waals surface area (Å²) in [6.45, 7) is 0. The molecule has 0 atom stereocenters. The SMILES string of the molecule is Fc1ccc(F)c(C#CCCS)c1. The van der Waals surface area contributed by atoms with Gasteiger partial charge in [0.15, 0.2) is 0 Å². The van der Waals surface area contributed by atoms with E-state index in [4.69, 9.17) is 0 Å². The summed E-state index contributed by atoms with van der Waals surface area (Å²) in [5, 5.41) is 0. The van der Waals surface area contributed by atoms with Crippen LogP contribution in [-0.4, -0.2) is 5.75 Å². The largest absolute Gasteiger partial charge is 0.207 e. The van der Waals surface area contributed by atoms with Gasteiger partial charge in [0.2, 0.25) is 0 Å². The van der Waals surface area contributed by atoms with Gasteiger partial charge in [-0.05, 0) is 18.2 Å². The normalized spacial score (nSPS) is 9.15. The van der Waals surface area contributed by atoms with E-state index in [2.05, 4.69) is 24.5 Å². The van der Waals surface area contributed by atoms with Gasteiger partial charge in [0.25, 0.3) is 0 Å². The van der Waals surface area contributed by atoms with Crippen LogP contribution in [-0.2, 0) is 0 Å². The van der Waals surface area contributed by atoms with Gasteiger partial charge in [0.1, 0.15) is 11.6 Å². The lowest BCUT2D eigenvalue weighted by molar-refractivity contribution is 0.597. The van der Waals surface area contributed by atoms with Crippen molar-refractivity contribution in [3.05, 3.63) is 35.4 Å². The average Bonchev–Trinajstić information content (AvgIpc) is 2.11. The van der Waals surface area contributed by atoms with E-state index in [1.807, 2.05) is 0 Å². The summed E-state index contributed by atoms with van der Waals surface area (Å²) >= 11 is 3.94. The maximum absolute atomic E-state index is 12.9. The van der Waals surface area contributed by atoms with Crippen LogP contribution in [0.5, 0.6) is 0 Å². The predicted molar refractivity (Wildman–Crippen MR) is 51.7 cm³/mol. The Morgan fingerprint density at radius 3 is 2.77 bits per heavy atom. The first-order chi connectivity index (χ1) is 6.24. The fraction of sp³-hybridized carbons (Fsp3) is 0.200. The number of hydrogen-bond donors (Lipinski definition) is 1. The van der Waals surface area contributed by atoms with Crippen molar-refractivity contribution in [1.82, 2.24) is 0 Å². The molecule has 0 aliphatic heterocycles. The highest BCUT2D eigenvalue weighted by atomic mass is 32.1. The van der Waals surface area contributed by atoms with E-state index in [0.717, 1.165) is 18.2 Å². The summed E-state index contributed by atoms with van der Waals surface area (Å²) < 4.78 is 25.5. The van der Waals surface area contributed by atoms with Crippen molar-refractivity contribution in [3.63, 3.8) is 0 Å². The van der Waals surface area contributed by atoms with E-state index in [-0.39, 0.29) is 5.56 Å². The van der Waals surface area contributed by atoms with E-state index >= 15 is 0 Å². The highest BCUT2D eigenvalue weighted by molar-refractivity contribution is 7.80. The molecule has 0 radical (unpaired) electrons. The van der Waals surface area contributed by atoms with Crippen molar-refractivity contribution in [1.29, 1.82) is 0 Å². The molecule has 0 heterocycles. The first kappa shape index (κ1) is 10.1. The number of thiol groups is 1. The topological polar surface area (TPSA) is 0 Å². The molecule has 0 saturated carbocycles. The number of halogens is 2. The third kappa shape index (κ3) is 3.08. The molecule has 1 rings (SSSR count). The van der Waals surface area contributed by atoms with Gasteiger partial charge in [-0.25, -0.2) is 8.78 Å². The monoisotopic (exact) mass is 198 g/mol. The Morgan fingerprint density at radius 1 is 1.31 bits per heavy atom. The summed E-state index contributed by atoms with van der Waals surface area (Å²) in [5.41, 5.74) is 0.0989. The van der Waals surface area contributed by atoms with E-state index in [1.54, 1.807) is 0 Å². The molecule has 0 aliphatic carbocycles. The molecule has 0 saturated heterocycles. The summed E-state index contributed by atoms with van der Waals surface area (Å²) in [6, 6.07) is 3.22. The zero-order valence-electron chi connectivity index (χ0n) is 6.85. The lowest BCUT2D eigenvalue weighted by Gasteiger charge is -1.93. The Kier molecular flexibility index (Phi) is 3.78. The summed E-state index contributed by atoms with van der Waals surface area (Å²) in [6.07, 6.45) is 0.569. The maximum atomic E-state index is 12.9. The molecule has 0 aliphatic rings. The molecule has 0 nitrogen and oxygen atoms in total. The second-order valence-corrected chi connectivity index (χ2v) is 2.85. The zero-order chi connectivity index (χ0) is 9.68. The summed E-state index contributed by atoms with van der Waals surface area (Å²) in [5.74, 6) is 4.87. The first-order valence-electron chi connectivity index (χ1n) is 3.79. The Labute approximate surface area is 81.4 Å². The van der Waals surface area contributed by atoms with Crippen molar-refractivity contribution in [2.24, 2.45) is 0 Å². The van der Waals surface area contributed by atoms with Crippen molar-refractivity contribution in [2.45, 2.75) is 6.42 Å². The molecule has 1 aromatic carbocycles. The smallest absolute Gasteiger partial charge is 0.139 e. The molecule has 68 valence electrons. The minimum Gasteiger partial charge on any atom is -0.207 e. The number of benzene rings is 1. The molecule has 0 fully saturated rings. The molecule has 13 heavy (non-hydrogen) atoms. The second kappa shape index (κ2) is 4.88. The Hall–Kier alpha value is -1.01. The molecule has 0 aromatic heterocycles. The van der Waals surface area contributed by atoms with Crippen molar-refractivity contribution >= 4 is 12.6 Å². The third-order valence-corrected chi connectivity index (χ3v) is 1.61. The predicted octanol–water partition coefficient (Wildman–Crippen LogP) is 2.64. The molecule has 0 bridgehead atoms. The van der Waals surface area contributed by atoms with E-state index in [1.165, 1.54) is 0 Å². The van der Waals surface area contributed by atoms with Crippen molar-refractivity contribution < 1.29 is 8.78 Å². The quantitative estimate of drug-likeness (QED) is 0.520. The van der Waals surface area contributed by atoms with Gasteiger partial charge < -0.3 is 0 Å². The molecule has 0 N–H and O–H groups in total. The molecular formula is C10H8F2S. The van der Waals surface area contributed by atoms with Gasteiger partial charge in [0, 0.05) is 12.2 Å². The van der Waals surface area contributed by atoms with Crippen LogP contribution < -0.4 is 0 Å². The maximum Gasteiger partial charge on any atom is 0.139 e. The van der Waals surface area contributed by atoms with E-state index in [0.29, 0.717) is 12.2 Å². The Morgan fingerprint density at radius 2 is 2.08 bits per heavy atom. The summed E-state index contributed by atoms with van der Waals surface area (Å²) in [7, 11) is 0. The number of hydrogen-bond acceptors (Lipinski definition) is 1. The zero-order valence-corrected chi connectivity index (χ0v) is 7.74. The standard InChI is InChI=1S/C10H8F2S/c11-9-4-5-10(12)8(7-9)3-1-2-6-13/h4-5,7,13H,2,6H2. The van der Waals surface area contributed by atoms with Gasteiger partial charge in [-0.1, -0.05) is 11.8 Å². The lowest BCUT2D eigenvalue weighted by Crippen LogP contribution is -1.85. The van der Waals surface area contributed by atoms with Gasteiger partial charge >= 0.3 is 0 Å². The van der Waals surface area contributed by atoms with Crippen LogP contribution in [0, 0.1) is 23.5 Å². The first-order valence-corrected chi connectivity index (χ1v) is 4.42. The summed E-state index contributed by atoms with van der Waals surface area (Å²) in [4.78, 5) is 0. The minimum absolute atomic E-state index is 0.0989.